The van der Waals surface area contributed by atoms with Crippen LogP contribution in [0.25, 0.3) is 0 Å². The van der Waals surface area contributed by atoms with Crippen LogP contribution in [0.1, 0.15) is 22.3 Å². The first-order valence-electron chi connectivity index (χ1n) is 8.15. The second-order valence-corrected chi connectivity index (χ2v) is 8.72. The van der Waals surface area contributed by atoms with Crippen molar-refractivity contribution in [3.8, 4) is 0 Å². The number of hydrogen-bond acceptors (Lipinski definition) is 0. The summed E-state index contributed by atoms with van der Waals surface area (Å²) in [6.45, 7) is 8.54. The second-order valence-electron chi connectivity index (χ2n) is 6.50. The third kappa shape index (κ3) is 3.74. The fourth-order valence-electron chi connectivity index (χ4n) is 3.20. The van der Waals surface area contributed by atoms with E-state index in [0.29, 0.717) is 0 Å². The Morgan fingerprint density at radius 1 is 0.542 bits per heavy atom. The predicted octanol–water partition coefficient (Wildman–Crippen LogP) is 4.82. The Bertz CT molecular complexity index is 774. The highest BCUT2D eigenvalue weighted by atomic mass is 31.1. The molecule has 0 aromatic heterocycles. The summed E-state index contributed by atoms with van der Waals surface area (Å²) in [7, 11) is -0.690. The number of halogens is 1. The molecule has 0 amide bonds. The Morgan fingerprint density at radius 3 is 1.29 bits per heavy atom. The van der Waals surface area contributed by atoms with Gasteiger partial charge in [-0.25, -0.2) is 4.39 Å². The average Bonchev–Trinajstić information content (AvgIpc) is 2.47. The van der Waals surface area contributed by atoms with Crippen molar-refractivity contribution < 1.29 is 4.39 Å². The molecular formula is C22H22FP. The Morgan fingerprint density at radius 2 is 0.917 bits per heavy atom. The quantitative estimate of drug-likeness (QED) is 0.602. The summed E-state index contributed by atoms with van der Waals surface area (Å²) in [6.07, 6.45) is 0. The molecule has 0 spiro atoms. The van der Waals surface area contributed by atoms with Crippen molar-refractivity contribution in [3.05, 3.63) is 88.7 Å². The number of rotatable bonds is 3. The molecule has 2 heteroatoms. The molecule has 0 aliphatic heterocycles. The van der Waals surface area contributed by atoms with Crippen LogP contribution in [-0.2, 0) is 0 Å². The Balaban J connectivity index is 2.21. The summed E-state index contributed by atoms with van der Waals surface area (Å²) in [6, 6.07) is 20.4. The number of benzene rings is 3. The maximum Gasteiger partial charge on any atom is 0.123 e. The number of aryl methyl sites for hydroxylation is 4. The fourth-order valence-corrected chi connectivity index (χ4v) is 5.87. The molecule has 0 bridgehead atoms. The van der Waals surface area contributed by atoms with Gasteiger partial charge in [-0.05, 0) is 63.7 Å². The van der Waals surface area contributed by atoms with E-state index in [1.54, 1.807) is 12.1 Å². The second kappa shape index (κ2) is 6.87. The Kier molecular flexibility index (Phi) is 4.83. The van der Waals surface area contributed by atoms with E-state index in [2.05, 4.69) is 64.1 Å². The summed E-state index contributed by atoms with van der Waals surface area (Å²) in [5.41, 5.74) is 5.07. The van der Waals surface area contributed by atoms with Crippen LogP contribution in [0, 0.1) is 33.5 Å². The molecule has 0 N–H and O–H groups in total. The minimum Gasteiger partial charge on any atom is -0.207 e. The lowest BCUT2D eigenvalue weighted by molar-refractivity contribution is 0.628. The van der Waals surface area contributed by atoms with Gasteiger partial charge in [0.2, 0.25) is 0 Å². The minimum atomic E-state index is -0.690. The first-order valence-corrected chi connectivity index (χ1v) is 9.49. The monoisotopic (exact) mass is 336 g/mol. The van der Waals surface area contributed by atoms with Gasteiger partial charge in [-0.3, -0.25) is 0 Å². The Labute approximate surface area is 145 Å². The smallest absolute Gasteiger partial charge is 0.123 e. The van der Waals surface area contributed by atoms with Gasteiger partial charge in [0.1, 0.15) is 5.82 Å². The van der Waals surface area contributed by atoms with Crippen LogP contribution in [0.5, 0.6) is 0 Å². The molecule has 0 saturated heterocycles. The third-order valence-electron chi connectivity index (χ3n) is 4.01. The van der Waals surface area contributed by atoms with Gasteiger partial charge in [-0.2, -0.15) is 0 Å². The lowest BCUT2D eigenvalue weighted by Gasteiger charge is -2.21. The van der Waals surface area contributed by atoms with E-state index >= 15 is 0 Å². The van der Waals surface area contributed by atoms with Crippen molar-refractivity contribution >= 4 is 23.8 Å². The predicted molar refractivity (Wildman–Crippen MR) is 104 cm³/mol. The lowest BCUT2D eigenvalue weighted by Crippen LogP contribution is -2.22. The van der Waals surface area contributed by atoms with E-state index in [0.717, 1.165) is 0 Å². The highest BCUT2D eigenvalue weighted by molar-refractivity contribution is 7.79. The molecule has 0 aliphatic rings. The maximum absolute atomic E-state index is 13.4. The summed E-state index contributed by atoms with van der Waals surface area (Å²) in [4.78, 5) is 0. The molecule has 3 rings (SSSR count). The van der Waals surface area contributed by atoms with Crippen LogP contribution in [0.2, 0.25) is 0 Å². The van der Waals surface area contributed by atoms with Crippen LogP contribution < -0.4 is 15.9 Å². The fraction of sp³-hybridized carbons (Fsp3) is 0.182. The molecule has 0 unspecified atom stereocenters. The maximum atomic E-state index is 13.4. The van der Waals surface area contributed by atoms with E-state index in [1.807, 2.05) is 12.1 Å². The van der Waals surface area contributed by atoms with Crippen LogP contribution in [0.4, 0.5) is 4.39 Å². The zero-order valence-electron chi connectivity index (χ0n) is 14.6. The van der Waals surface area contributed by atoms with Gasteiger partial charge in [0.15, 0.2) is 0 Å². The lowest BCUT2D eigenvalue weighted by atomic mass is 10.2. The summed E-state index contributed by atoms with van der Waals surface area (Å²) >= 11 is 0. The van der Waals surface area contributed by atoms with Gasteiger partial charge in [-0.1, -0.05) is 70.8 Å². The largest absolute Gasteiger partial charge is 0.207 e. The van der Waals surface area contributed by atoms with Crippen molar-refractivity contribution in [1.29, 1.82) is 0 Å². The van der Waals surface area contributed by atoms with Crippen molar-refractivity contribution in [2.24, 2.45) is 0 Å². The van der Waals surface area contributed by atoms with E-state index in [1.165, 1.54) is 38.2 Å². The molecule has 0 radical (unpaired) electrons. The van der Waals surface area contributed by atoms with Crippen molar-refractivity contribution in [3.63, 3.8) is 0 Å². The van der Waals surface area contributed by atoms with E-state index < -0.39 is 7.92 Å². The van der Waals surface area contributed by atoms with Gasteiger partial charge < -0.3 is 0 Å². The zero-order chi connectivity index (χ0) is 17.3. The topological polar surface area (TPSA) is 0 Å². The summed E-state index contributed by atoms with van der Waals surface area (Å²) < 4.78 is 13.4. The molecule has 0 fully saturated rings. The molecule has 0 atom stereocenters. The SMILES string of the molecule is Cc1cc(C)cc(P(c2ccc(F)cc2)c2cc(C)cc(C)c2)c1. The van der Waals surface area contributed by atoms with E-state index in [4.69, 9.17) is 0 Å². The van der Waals surface area contributed by atoms with E-state index in [-0.39, 0.29) is 5.82 Å². The highest BCUT2D eigenvalue weighted by Crippen LogP contribution is 2.34. The third-order valence-corrected chi connectivity index (χ3v) is 6.38. The molecular weight excluding hydrogens is 314 g/mol. The minimum absolute atomic E-state index is 0.186. The standard InChI is InChI=1S/C22H22FP/c1-15-9-16(2)12-21(11-15)24(20-7-5-19(23)6-8-20)22-13-17(3)10-18(4)14-22/h5-14H,1-4H3. The normalized spacial score (nSPS) is 11.1. The molecule has 24 heavy (non-hydrogen) atoms. The summed E-state index contributed by atoms with van der Waals surface area (Å²) in [5.74, 6) is -0.186. The highest BCUT2D eigenvalue weighted by Gasteiger charge is 2.18. The van der Waals surface area contributed by atoms with Gasteiger partial charge in [0, 0.05) is 0 Å². The van der Waals surface area contributed by atoms with Crippen molar-refractivity contribution in [2.75, 3.05) is 0 Å². The molecule has 3 aromatic rings. The number of hydrogen-bond donors (Lipinski definition) is 0. The van der Waals surface area contributed by atoms with Crippen LogP contribution in [-0.4, -0.2) is 0 Å². The van der Waals surface area contributed by atoms with Gasteiger partial charge in [0.05, 0.1) is 0 Å². The average molecular weight is 336 g/mol. The van der Waals surface area contributed by atoms with Crippen molar-refractivity contribution in [2.45, 2.75) is 27.7 Å². The van der Waals surface area contributed by atoms with Crippen LogP contribution >= 0.6 is 7.92 Å². The molecule has 0 saturated carbocycles. The first kappa shape index (κ1) is 16.9. The molecule has 3 aromatic carbocycles. The molecule has 0 aliphatic carbocycles. The van der Waals surface area contributed by atoms with Gasteiger partial charge >= 0.3 is 0 Å². The van der Waals surface area contributed by atoms with Crippen LogP contribution in [0.3, 0.4) is 0 Å². The molecule has 122 valence electrons. The zero-order valence-corrected chi connectivity index (χ0v) is 15.5. The molecule has 0 nitrogen and oxygen atoms in total. The summed E-state index contributed by atoms with van der Waals surface area (Å²) in [5, 5.41) is 3.82. The Hall–Kier alpha value is -1.98. The first-order chi connectivity index (χ1) is 11.4. The molecule has 0 heterocycles. The van der Waals surface area contributed by atoms with Crippen LogP contribution in [0.15, 0.2) is 60.7 Å². The van der Waals surface area contributed by atoms with Gasteiger partial charge in [-0.15, -0.1) is 0 Å². The van der Waals surface area contributed by atoms with E-state index in [9.17, 15) is 4.39 Å². The van der Waals surface area contributed by atoms with Gasteiger partial charge in [0.25, 0.3) is 0 Å². The van der Waals surface area contributed by atoms with Crippen molar-refractivity contribution in [1.82, 2.24) is 0 Å².